The van der Waals surface area contributed by atoms with Crippen LogP contribution in [0.2, 0.25) is 0 Å². The van der Waals surface area contributed by atoms with Crippen molar-refractivity contribution in [3.63, 3.8) is 0 Å². The topological polar surface area (TPSA) is 61.8 Å². The summed E-state index contributed by atoms with van der Waals surface area (Å²) in [6.07, 6.45) is 0. The van der Waals surface area contributed by atoms with Crippen LogP contribution in [0.5, 0.6) is 5.75 Å². The van der Waals surface area contributed by atoms with E-state index < -0.39 is 23.8 Å². The summed E-state index contributed by atoms with van der Waals surface area (Å²) in [4.78, 5) is 25.6. The van der Waals surface area contributed by atoms with Crippen LogP contribution in [0.3, 0.4) is 0 Å². The fourth-order valence-electron chi connectivity index (χ4n) is 3.53. The number of carbonyl (C=O) groups is 2. The molecule has 0 fully saturated rings. The Balaban J connectivity index is 2.22. The minimum Gasteiger partial charge on any atom is -0.489 e. The van der Waals surface area contributed by atoms with Crippen molar-refractivity contribution in [1.29, 1.82) is 0 Å². The maximum atomic E-state index is 12.8. The Hall–Kier alpha value is -2.82. The van der Waals surface area contributed by atoms with Gasteiger partial charge in [0.1, 0.15) is 12.4 Å². The molecule has 0 bridgehead atoms. The van der Waals surface area contributed by atoms with Gasteiger partial charge in [0.2, 0.25) is 0 Å². The summed E-state index contributed by atoms with van der Waals surface area (Å²) in [5.41, 5.74) is 3.64. The molecule has 1 heterocycles. The van der Waals surface area contributed by atoms with Gasteiger partial charge in [-0.15, -0.1) is 0 Å². The molecule has 5 nitrogen and oxygen atoms in total. The zero-order chi connectivity index (χ0) is 19.4. The van der Waals surface area contributed by atoms with E-state index in [0.717, 1.165) is 22.3 Å². The summed E-state index contributed by atoms with van der Waals surface area (Å²) in [5, 5.41) is 0. The Morgan fingerprint density at radius 2 is 1.70 bits per heavy atom. The third-order valence-corrected chi connectivity index (χ3v) is 4.69. The molecular weight excluding hydrogens is 344 g/mol. The molecule has 1 unspecified atom stereocenters. The van der Waals surface area contributed by atoms with Gasteiger partial charge >= 0.3 is 11.9 Å². The monoisotopic (exact) mass is 368 g/mol. The average Bonchev–Trinajstić information content (AvgIpc) is 2.80. The lowest BCUT2D eigenvalue weighted by Crippen LogP contribution is -2.34. The van der Waals surface area contributed by atoms with E-state index in [1.54, 1.807) is 13.8 Å². The van der Waals surface area contributed by atoms with Gasteiger partial charge in [0.25, 0.3) is 0 Å². The van der Waals surface area contributed by atoms with Gasteiger partial charge in [0.15, 0.2) is 5.92 Å². The van der Waals surface area contributed by atoms with E-state index in [9.17, 15) is 9.59 Å². The molecule has 0 saturated heterocycles. The minimum absolute atomic E-state index is 0.195. The van der Waals surface area contributed by atoms with Crippen LogP contribution in [0, 0.1) is 12.8 Å². The van der Waals surface area contributed by atoms with Gasteiger partial charge in [-0.1, -0.05) is 42.0 Å². The molecule has 0 N–H and O–H groups in total. The van der Waals surface area contributed by atoms with Gasteiger partial charge in [0.05, 0.1) is 13.2 Å². The van der Waals surface area contributed by atoms with Gasteiger partial charge in [-0.25, -0.2) is 0 Å². The van der Waals surface area contributed by atoms with E-state index in [1.165, 1.54) is 0 Å². The fraction of sp³-hybridized carbons (Fsp3) is 0.364. The van der Waals surface area contributed by atoms with Crippen molar-refractivity contribution in [1.82, 2.24) is 0 Å². The molecule has 27 heavy (non-hydrogen) atoms. The van der Waals surface area contributed by atoms with Crippen LogP contribution in [-0.4, -0.2) is 25.2 Å². The highest BCUT2D eigenvalue weighted by Gasteiger charge is 2.42. The molecule has 3 rings (SSSR count). The van der Waals surface area contributed by atoms with Crippen LogP contribution in [0.1, 0.15) is 42.0 Å². The quantitative estimate of drug-likeness (QED) is 0.594. The molecule has 0 amide bonds. The van der Waals surface area contributed by atoms with Crippen LogP contribution >= 0.6 is 0 Å². The summed E-state index contributed by atoms with van der Waals surface area (Å²) in [5.74, 6) is -2.11. The lowest BCUT2D eigenvalue weighted by Gasteiger charge is -2.26. The van der Waals surface area contributed by atoms with Crippen LogP contribution in [0.4, 0.5) is 0 Å². The van der Waals surface area contributed by atoms with Crippen molar-refractivity contribution >= 4 is 11.9 Å². The molecule has 0 aromatic heterocycles. The maximum absolute atomic E-state index is 12.8. The summed E-state index contributed by atoms with van der Waals surface area (Å²) in [6, 6.07) is 13.5. The Morgan fingerprint density at radius 3 is 2.37 bits per heavy atom. The molecule has 0 aliphatic carbocycles. The third kappa shape index (κ3) is 3.82. The van der Waals surface area contributed by atoms with Gasteiger partial charge in [-0.3, -0.25) is 9.59 Å². The molecule has 5 heteroatoms. The highest BCUT2D eigenvalue weighted by Crippen LogP contribution is 2.43. The van der Waals surface area contributed by atoms with Gasteiger partial charge in [-0.2, -0.15) is 0 Å². The number of rotatable bonds is 5. The van der Waals surface area contributed by atoms with Crippen LogP contribution in [-0.2, 0) is 25.7 Å². The molecule has 142 valence electrons. The van der Waals surface area contributed by atoms with Gasteiger partial charge in [0, 0.05) is 11.5 Å². The van der Waals surface area contributed by atoms with E-state index in [0.29, 0.717) is 12.4 Å². The zero-order valence-electron chi connectivity index (χ0n) is 15.9. The predicted molar refractivity (Wildman–Crippen MR) is 101 cm³/mol. The molecule has 1 aliphatic rings. The van der Waals surface area contributed by atoms with Crippen molar-refractivity contribution in [2.75, 3.05) is 13.2 Å². The van der Waals surface area contributed by atoms with Crippen molar-refractivity contribution in [2.24, 2.45) is 5.92 Å². The number of aryl methyl sites for hydroxylation is 1. The molecule has 0 spiro atoms. The second kappa shape index (κ2) is 8.25. The summed E-state index contributed by atoms with van der Waals surface area (Å²) in [7, 11) is 0. The summed E-state index contributed by atoms with van der Waals surface area (Å²) < 4.78 is 16.5. The molecule has 2 aromatic carbocycles. The Labute approximate surface area is 159 Å². The number of ether oxygens (including phenoxy) is 3. The zero-order valence-corrected chi connectivity index (χ0v) is 15.9. The molecule has 1 atom stereocenters. The first-order chi connectivity index (χ1) is 13.1. The highest BCUT2D eigenvalue weighted by molar-refractivity contribution is 5.97. The normalized spacial score (nSPS) is 15.2. The first-order valence-electron chi connectivity index (χ1n) is 9.21. The Kier molecular flexibility index (Phi) is 5.79. The highest BCUT2D eigenvalue weighted by atomic mass is 16.6. The molecule has 2 aromatic rings. The SMILES string of the molecule is CCOC(=O)C(C(=O)OCC)C1c2ccccc2COc2ccc(C)cc21. The van der Waals surface area contributed by atoms with E-state index in [-0.39, 0.29) is 13.2 Å². The lowest BCUT2D eigenvalue weighted by atomic mass is 9.78. The summed E-state index contributed by atoms with van der Waals surface area (Å²) >= 11 is 0. The van der Waals surface area contributed by atoms with Crippen LogP contribution in [0.25, 0.3) is 0 Å². The average molecular weight is 368 g/mol. The Bertz CT molecular complexity index is 824. The van der Waals surface area contributed by atoms with Gasteiger partial charge < -0.3 is 14.2 Å². The smallest absolute Gasteiger partial charge is 0.321 e. The van der Waals surface area contributed by atoms with Crippen LogP contribution in [0.15, 0.2) is 42.5 Å². The van der Waals surface area contributed by atoms with E-state index >= 15 is 0 Å². The van der Waals surface area contributed by atoms with E-state index in [1.807, 2.05) is 49.4 Å². The number of esters is 2. The lowest BCUT2D eigenvalue weighted by molar-refractivity contribution is -0.162. The van der Waals surface area contributed by atoms with Crippen molar-refractivity contribution in [2.45, 2.75) is 33.3 Å². The second-order valence-corrected chi connectivity index (χ2v) is 6.49. The number of hydrogen-bond donors (Lipinski definition) is 0. The minimum atomic E-state index is -1.09. The number of benzene rings is 2. The maximum Gasteiger partial charge on any atom is 0.321 e. The first kappa shape index (κ1) is 19.0. The van der Waals surface area contributed by atoms with E-state index in [2.05, 4.69) is 0 Å². The largest absolute Gasteiger partial charge is 0.489 e. The molecular formula is C22H24O5. The molecule has 0 saturated carbocycles. The predicted octanol–water partition coefficient (Wildman–Crippen LogP) is 3.76. The number of carbonyl (C=O) groups excluding carboxylic acids is 2. The van der Waals surface area contributed by atoms with Crippen molar-refractivity contribution < 1.29 is 23.8 Å². The standard InChI is InChI=1S/C22H24O5/c1-4-25-21(23)20(22(24)26-5-2)19-16-9-7-6-8-15(16)13-27-18-11-10-14(3)12-17(18)19/h6-12,19-20H,4-5,13H2,1-3H3. The fourth-order valence-corrected chi connectivity index (χ4v) is 3.53. The third-order valence-electron chi connectivity index (χ3n) is 4.69. The molecule has 0 radical (unpaired) electrons. The number of fused-ring (bicyclic) bond motifs is 2. The number of hydrogen-bond acceptors (Lipinski definition) is 5. The van der Waals surface area contributed by atoms with Crippen molar-refractivity contribution in [3.8, 4) is 5.75 Å². The Morgan fingerprint density at radius 1 is 1.04 bits per heavy atom. The van der Waals surface area contributed by atoms with Crippen LogP contribution < -0.4 is 4.74 Å². The van der Waals surface area contributed by atoms with Crippen molar-refractivity contribution in [3.05, 3.63) is 64.7 Å². The van der Waals surface area contributed by atoms with Gasteiger partial charge in [-0.05, 0) is 38.0 Å². The molecule has 1 aliphatic heterocycles. The first-order valence-corrected chi connectivity index (χ1v) is 9.21. The summed E-state index contributed by atoms with van der Waals surface area (Å²) in [6.45, 7) is 6.18. The van der Waals surface area contributed by atoms with E-state index in [4.69, 9.17) is 14.2 Å². The second-order valence-electron chi connectivity index (χ2n) is 6.49.